The van der Waals surface area contributed by atoms with Crippen LogP contribution in [0.25, 0.3) is 0 Å². The van der Waals surface area contributed by atoms with Gasteiger partial charge in [-0.05, 0) is 25.7 Å². The molecule has 0 aromatic carbocycles. The van der Waals surface area contributed by atoms with Crippen LogP contribution in [0, 0.1) is 12.8 Å². The third-order valence-corrected chi connectivity index (χ3v) is 6.29. The van der Waals surface area contributed by atoms with E-state index in [1.165, 1.54) is 0 Å². The van der Waals surface area contributed by atoms with E-state index < -0.39 is 10.0 Å². The Morgan fingerprint density at radius 2 is 2.12 bits per heavy atom. The summed E-state index contributed by atoms with van der Waals surface area (Å²) in [7, 11) is -3.55. The van der Waals surface area contributed by atoms with Crippen LogP contribution >= 0.6 is 11.3 Å². The average molecular weight is 276 g/mol. The second-order valence-corrected chi connectivity index (χ2v) is 7.46. The van der Waals surface area contributed by atoms with E-state index in [2.05, 4.69) is 9.71 Å². The van der Waals surface area contributed by atoms with E-state index in [4.69, 9.17) is 0 Å². The molecule has 1 aromatic rings. The van der Waals surface area contributed by atoms with Crippen molar-refractivity contribution in [2.45, 2.75) is 43.4 Å². The van der Waals surface area contributed by atoms with E-state index in [9.17, 15) is 13.2 Å². The molecule has 0 aliphatic heterocycles. The molecule has 1 heterocycles. The fourth-order valence-electron chi connectivity index (χ4n) is 2.22. The number of sulfonamides is 1. The molecule has 5 nitrogen and oxygen atoms in total. The van der Waals surface area contributed by atoms with Crippen LogP contribution in [0.15, 0.2) is 9.00 Å². The molecule has 1 fully saturated rings. The average Bonchev–Trinajstić information content (AvgIpc) is 2.74. The fraction of sp³-hybridized carbons (Fsp3) is 0.700. The molecule has 7 heteroatoms. The minimum atomic E-state index is -3.55. The van der Waals surface area contributed by atoms with Crippen LogP contribution in [0.5, 0.6) is 0 Å². The molecule has 1 aliphatic carbocycles. The van der Waals surface area contributed by atoms with Crippen molar-refractivity contribution >= 4 is 21.4 Å². The summed E-state index contributed by atoms with van der Waals surface area (Å²) >= 11 is 0.744. The topological polar surface area (TPSA) is 79.0 Å². The van der Waals surface area contributed by atoms with E-state index in [1.54, 1.807) is 6.92 Å². The molecular formula is C10H16N2O3S2. The van der Waals surface area contributed by atoms with Crippen LogP contribution in [0.3, 0.4) is 0 Å². The van der Waals surface area contributed by atoms with Gasteiger partial charge in [0, 0.05) is 11.7 Å². The Morgan fingerprint density at radius 3 is 2.59 bits per heavy atom. The van der Waals surface area contributed by atoms with Gasteiger partial charge in [0.1, 0.15) is 0 Å². The van der Waals surface area contributed by atoms with Gasteiger partial charge in [0.25, 0.3) is 10.0 Å². The fourth-order valence-corrected chi connectivity index (χ4v) is 4.92. The summed E-state index contributed by atoms with van der Waals surface area (Å²) in [4.78, 5) is 13.3. The summed E-state index contributed by atoms with van der Waals surface area (Å²) in [6.45, 7) is 3.65. The standard InChI is InChI=1S/C10H16N2O3S2/c1-6-4-3-5-8(6)12-17(14,15)9-7(2)11-10(13)16-9/h6,8,12H,3-5H2,1-2H3,(H,11,13). The van der Waals surface area contributed by atoms with E-state index >= 15 is 0 Å². The van der Waals surface area contributed by atoms with Gasteiger partial charge in [-0.1, -0.05) is 24.7 Å². The van der Waals surface area contributed by atoms with Crippen LogP contribution in [-0.2, 0) is 10.0 Å². The molecule has 2 unspecified atom stereocenters. The molecule has 1 saturated carbocycles. The number of H-pyrrole nitrogens is 1. The quantitative estimate of drug-likeness (QED) is 0.871. The number of aryl methyl sites for hydroxylation is 1. The first-order chi connectivity index (χ1) is 7.90. The van der Waals surface area contributed by atoms with E-state index in [-0.39, 0.29) is 15.1 Å². The molecule has 0 saturated heterocycles. The second kappa shape index (κ2) is 4.55. The predicted molar refractivity (Wildman–Crippen MR) is 66.8 cm³/mol. The summed E-state index contributed by atoms with van der Waals surface area (Å²) in [5, 5.41) is 0. The highest BCUT2D eigenvalue weighted by Gasteiger charge is 2.30. The maximum Gasteiger partial charge on any atom is 0.305 e. The first-order valence-corrected chi connectivity index (χ1v) is 7.92. The maximum absolute atomic E-state index is 12.1. The van der Waals surface area contributed by atoms with Gasteiger partial charge in [-0.15, -0.1) is 0 Å². The lowest BCUT2D eigenvalue weighted by Crippen LogP contribution is -2.36. The zero-order chi connectivity index (χ0) is 12.6. The van der Waals surface area contributed by atoms with Gasteiger partial charge in [-0.3, -0.25) is 4.79 Å². The van der Waals surface area contributed by atoms with Crippen molar-refractivity contribution in [1.82, 2.24) is 9.71 Å². The van der Waals surface area contributed by atoms with Crippen LogP contribution in [-0.4, -0.2) is 19.4 Å². The van der Waals surface area contributed by atoms with Crippen molar-refractivity contribution in [2.24, 2.45) is 5.92 Å². The number of hydrogen-bond acceptors (Lipinski definition) is 4. The Morgan fingerprint density at radius 1 is 1.41 bits per heavy atom. The lowest BCUT2D eigenvalue weighted by atomic mass is 10.1. The molecule has 0 spiro atoms. The maximum atomic E-state index is 12.1. The molecule has 1 aliphatic rings. The van der Waals surface area contributed by atoms with Crippen molar-refractivity contribution in [3.05, 3.63) is 15.4 Å². The molecule has 0 amide bonds. The van der Waals surface area contributed by atoms with Gasteiger partial charge in [0.05, 0.1) is 0 Å². The zero-order valence-corrected chi connectivity index (χ0v) is 11.5. The number of rotatable bonds is 3. The largest absolute Gasteiger partial charge is 0.315 e. The highest BCUT2D eigenvalue weighted by molar-refractivity contribution is 7.91. The van der Waals surface area contributed by atoms with Gasteiger partial charge in [0.2, 0.25) is 0 Å². The number of hydrogen-bond donors (Lipinski definition) is 2. The minimum Gasteiger partial charge on any atom is -0.315 e. The zero-order valence-electron chi connectivity index (χ0n) is 9.82. The Hall–Kier alpha value is -0.660. The highest BCUT2D eigenvalue weighted by atomic mass is 32.2. The lowest BCUT2D eigenvalue weighted by Gasteiger charge is -2.16. The molecule has 0 bridgehead atoms. The second-order valence-electron chi connectivity index (χ2n) is 4.56. The molecule has 1 aromatic heterocycles. The molecule has 2 rings (SSSR count). The number of nitrogens with one attached hydrogen (secondary N) is 2. The third-order valence-electron chi connectivity index (χ3n) is 3.19. The molecule has 96 valence electrons. The van der Waals surface area contributed by atoms with Crippen molar-refractivity contribution in [1.29, 1.82) is 0 Å². The number of aromatic nitrogens is 1. The van der Waals surface area contributed by atoms with E-state index in [0.717, 1.165) is 30.6 Å². The minimum absolute atomic E-state index is 0.00315. The molecule has 2 N–H and O–H groups in total. The summed E-state index contributed by atoms with van der Waals surface area (Å²) in [5.74, 6) is 0.362. The summed E-state index contributed by atoms with van der Waals surface area (Å²) < 4.78 is 27.0. The van der Waals surface area contributed by atoms with Gasteiger partial charge in [-0.2, -0.15) is 0 Å². The molecule has 0 radical (unpaired) electrons. The van der Waals surface area contributed by atoms with Crippen molar-refractivity contribution < 1.29 is 8.42 Å². The third kappa shape index (κ3) is 2.61. The van der Waals surface area contributed by atoms with Crippen molar-refractivity contribution in [3.63, 3.8) is 0 Å². The summed E-state index contributed by atoms with van der Waals surface area (Å²) in [6.07, 6.45) is 2.98. The Bertz CT molecular complexity index is 558. The van der Waals surface area contributed by atoms with Gasteiger partial charge < -0.3 is 4.98 Å². The van der Waals surface area contributed by atoms with Crippen LogP contribution in [0.4, 0.5) is 0 Å². The van der Waals surface area contributed by atoms with Gasteiger partial charge in [-0.25, -0.2) is 13.1 Å². The van der Waals surface area contributed by atoms with Gasteiger partial charge in [0.15, 0.2) is 4.21 Å². The van der Waals surface area contributed by atoms with Gasteiger partial charge >= 0.3 is 4.87 Å². The molecule has 2 atom stereocenters. The van der Waals surface area contributed by atoms with Crippen molar-refractivity contribution in [2.75, 3.05) is 0 Å². The molecular weight excluding hydrogens is 260 g/mol. The first-order valence-electron chi connectivity index (χ1n) is 5.62. The SMILES string of the molecule is Cc1[nH]c(=O)sc1S(=O)(=O)NC1CCCC1C. The monoisotopic (exact) mass is 276 g/mol. The van der Waals surface area contributed by atoms with Crippen molar-refractivity contribution in [3.8, 4) is 0 Å². The Labute approximate surface area is 104 Å². The summed E-state index contributed by atoms with van der Waals surface area (Å²) in [5.41, 5.74) is 0.415. The Kier molecular flexibility index (Phi) is 3.42. The Balaban J connectivity index is 2.25. The van der Waals surface area contributed by atoms with E-state index in [0.29, 0.717) is 11.6 Å². The van der Waals surface area contributed by atoms with Crippen LogP contribution in [0.1, 0.15) is 31.9 Å². The first kappa shape index (κ1) is 12.8. The predicted octanol–water partition coefficient (Wildman–Crippen LogP) is 1.21. The molecule has 17 heavy (non-hydrogen) atoms. The number of aromatic amines is 1. The number of thiazole rings is 1. The van der Waals surface area contributed by atoms with E-state index in [1.807, 2.05) is 6.92 Å². The smallest absolute Gasteiger partial charge is 0.305 e. The summed E-state index contributed by atoms with van der Waals surface area (Å²) in [6, 6.07) is -0.00315. The van der Waals surface area contributed by atoms with Crippen LogP contribution < -0.4 is 9.60 Å². The normalized spacial score (nSPS) is 25.3. The van der Waals surface area contributed by atoms with Crippen LogP contribution in [0.2, 0.25) is 0 Å². The lowest BCUT2D eigenvalue weighted by molar-refractivity contribution is 0.477. The highest BCUT2D eigenvalue weighted by Crippen LogP contribution is 2.27.